The molecule has 0 radical (unpaired) electrons. The van der Waals surface area contributed by atoms with Crippen LogP contribution in [0.15, 0.2) is 30.3 Å². The molecular weight excluding hydrogens is 243 g/mol. The Hall–Kier alpha value is -1.85. The van der Waals surface area contributed by atoms with Crippen LogP contribution in [0.4, 0.5) is 4.39 Å². The van der Waals surface area contributed by atoms with Crippen molar-refractivity contribution in [2.45, 2.75) is 26.3 Å². The third-order valence-corrected chi connectivity index (χ3v) is 3.05. The first-order valence-corrected chi connectivity index (χ1v) is 6.11. The summed E-state index contributed by atoms with van der Waals surface area (Å²) in [5, 5.41) is 8.09. The zero-order chi connectivity index (χ0) is 13.8. The summed E-state index contributed by atoms with van der Waals surface area (Å²) in [5.41, 5.74) is 6.29. The summed E-state index contributed by atoms with van der Waals surface area (Å²) in [6.45, 7) is 3.77. The summed E-state index contributed by atoms with van der Waals surface area (Å²) in [6, 6.07) is 8.35. The van der Waals surface area contributed by atoms with E-state index in [0.29, 0.717) is 6.42 Å². The molecular formula is C14H17FN4. The number of hydrogen-bond acceptors (Lipinski definition) is 4. The van der Waals surface area contributed by atoms with E-state index in [9.17, 15) is 4.39 Å². The van der Waals surface area contributed by atoms with Crippen LogP contribution in [0.5, 0.6) is 0 Å². The summed E-state index contributed by atoms with van der Waals surface area (Å²) >= 11 is 0. The standard InChI is InChI=1S/C14H17FN4/c1-9-6-13(10(2)19-18-9)14(17-16)8-11-4-3-5-12(15)7-11/h3-7,14,17H,8,16H2,1-2H3. The van der Waals surface area contributed by atoms with Crippen molar-refractivity contribution in [2.24, 2.45) is 5.84 Å². The molecule has 0 spiro atoms. The van der Waals surface area contributed by atoms with E-state index in [-0.39, 0.29) is 11.9 Å². The monoisotopic (exact) mass is 260 g/mol. The Morgan fingerprint density at radius 1 is 1.26 bits per heavy atom. The molecule has 100 valence electrons. The average molecular weight is 260 g/mol. The Morgan fingerprint density at radius 2 is 2.05 bits per heavy atom. The van der Waals surface area contributed by atoms with Crippen molar-refractivity contribution in [1.29, 1.82) is 0 Å². The summed E-state index contributed by atoms with van der Waals surface area (Å²) in [5.74, 6) is 5.38. The minimum absolute atomic E-state index is 0.115. The van der Waals surface area contributed by atoms with Crippen LogP contribution in [-0.4, -0.2) is 10.2 Å². The minimum atomic E-state index is -0.242. The fourth-order valence-corrected chi connectivity index (χ4v) is 2.08. The Balaban J connectivity index is 2.27. The van der Waals surface area contributed by atoms with Gasteiger partial charge in [-0.2, -0.15) is 10.2 Å². The molecule has 0 aliphatic carbocycles. The average Bonchev–Trinajstić information content (AvgIpc) is 2.39. The Morgan fingerprint density at radius 3 is 2.74 bits per heavy atom. The van der Waals surface area contributed by atoms with Gasteiger partial charge in [0.05, 0.1) is 17.4 Å². The first-order valence-electron chi connectivity index (χ1n) is 6.11. The molecule has 0 amide bonds. The second-order valence-corrected chi connectivity index (χ2v) is 4.58. The second-order valence-electron chi connectivity index (χ2n) is 4.58. The second kappa shape index (κ2) is 5.86. The largest absolute Gasteiger partial charge is 0.271 e. The topological polar surface area (TPSA) is 63.8 Å². The smallest absolute Gasteiger partial charge is 0.123 e. The third-order valence-electron chi connectivity index (χ3n) is 3.05. The van der Waals surface area contributed by atoms with Crippen molar-refractivity contribution in [2.75, 3.05) is 0 Å². The maximum absolute atomic E-state index is 13.2. The zero-order valence-corrected chi connectivity index (χ0v) is 11.0. The van der Waals surface area contributed by atoms with Gasteiger partial charge < -0.3 is 0 Å². The van der Waals surface area contributed by atoms with Crippen molar-refractivity contribution in [3.8, 4) is 0 Å². The van der Waals surface area contributed by atoms with Gasteiger partial charge in [0.1, 0.15) is 5.82 Å². The normalized spacial score (nSPS) is 12.4. The molecule has 0 aliphatic heterocycles. The van der Waals surface area contributed by atoms with Crippen molar-refractivity contribution in [3.63, 3.8) is 0 Å². The van der Waals surface area contributed by atoms with Crippen LogP contribution in [0.3, 0.4) is 0 Å². The van der Waals surface area contributed by atoms with Crippen LogP contribution in [0.25, 0.3) is 0 Å². The summed E-state index contributed by atoms with van der Waals surface area (Å²) in [7, 11) is 0. The highest BCUT2D eigenvalue weighted by Crippen LogP contribution is 2.20. The van der Waals surface area contributed by atoms with Gasteiger partial charge in [-0.1, -0.05) is 12.1 Å². The van der Waals surface area contributed by atoms with Gasteiger partial charge in [0, 0.05) is 0 Å². The number of benzene rings is 1. The fraction of sp³-hybridized carbons (Fsp3) is 0.286. The molecule has 1 unspecified atom stereocenters. The lowest BCUT2D eigenvalue weighted by atomic mass is 9.98. The van der Waals surface area contributed by atoms with Crippen molar-refractivity contribution in [3.05, 3.63) is 58.7 Å². The maximum Gasteiger partial charge on any atom is 0.123 e. The van der Waals surface area contributed by atoms with Crippen LogP contribution in [-0.2, 0) is 6.42 Å². The number of aromatic nitrogens is 2. The molecule has 2 rings (SSSR count). The fourth-order valence-electron chi connectivity index (χ4n) is 2.08. The molecule has 1 aromatic heterocycles. The molecule has 0 saturated heterocycles. The molecule has 0 saturated carbocycles. The molecule has 4 nitrogen and oxygen atoms in total. The number of halogens is 1. The molecule has 1 atom stereocenters. The number of aryl methyl sites for hydroxylation is 2. The van der Waals surface area contributed by atoms with Gasteiger partial charge in [-0.05, 0) is 49.6 Å². The van der Waals surface area contributed by atoms with Crippen molar-refractivity contribution >= 4 is 0 Å². The van der Waals surface area contributed by atoms with Crippen LogP contribution in [0.1, 0.15) is 28.6 Å². The maximum atomic E-state index is 13.2. The number of rotatable bonds is 4. The SMILES string of the molecule is Cc1cc(C(Cc2cccc(F)c2)NN)c(C)nn1. The summed E-state index contributed by atoms with van der Waals surface area (Å²) in [4.78, 5) is 0. The van der Waals surface area contributed by atoms with E-state index in [4.69, 9.17) is 5.84 Å². The molecule has 0 bridgehead atoms. The Bertz CT molecular complexity index is 571. The Kier molecular flexibility index (Phi) is 4.19. The first-order chi connectivity index (χ1) is 9.10. The number of hydrogen-bond donors (Lipinski definition) is 2. The summed E-state index contributed by atoms with van der Waals surface area (Å²) < 4.78 is 13.2. The molecule has 0 aliphatic rings. The van der Waals surface area contributed by atoms with Gasteiger partial charge >= 0.3 is 0 Å². The highest BCUT2D eigenvalue weighted by molar-refractivity contribution is 5.27. The van der Waals surface area contributed by atoms with Gasteiger partial charge in [-0.25, -0.2) is 4.39 Å². The van der Waals surface area contributed by atoms with E-state index >= 15 is 0 Å². The molecule has 5 heteroatoms. The van der Waals surface area contributed by atoms with E-state index in [1.807, 2.05) is 26.0 Å². The predicted molar refractivity (Wildman–Crippen MR) is 71.7 cm³/mol. The number of hydrazine groups is 1. The van der Waals surface area contributed by atoms with Gasteiger partial charge in [0.15, 0.2) is 0 Å². The van der Waals surface area contributed by atoms with E-state index in [0.717, 1.165) is 22.5 Å². The zero-order valence-electron chi connectivity index (χ0n) is 11.0. The van der Waals surface area contributed by atoms with Gasteiger partial charge in [0.2, 0.25) is 0 Å². The quantitative estimate of drug-likeness (QED) is 0.651. The first kappa shape index (κ1) is 13.6. The van der Waals surface area contributed by atoms with E-state index in [2.05, 4.69) is 15.6 Å². The Labute approximate surface area is 111 Å². The van der Waals surface area contributed by atoms with Crippen molar-refractivity contribution in [1.82, 2.24) is 15.6 Å². The lowest BCUT2D eigenvalue weighted by molar-refractivity contribution is 0.541. The lowest BCUT2D eigenvalue weighted by Crippen LogP contribution is -2.30. The summed E-state index contributed by atoms with van der Waals surface area (Å²) in [6.07, 6.45) is 0.597. The van der Waals surface area contributed by atoms with Crippen LogP contribution in [0.2, 0.25) is 0 Å². The van der Waals surface area contributed by atoms with Gasteiger partial charge in [-0.15, -0.1) is 0 Å². The lowest BCUT2D eigenvalue weighted by Gasteiger charge is -2.18. The molecule has 1 aromatic carbocycles. The minimum Gasteiger partial charge on any atom is -0.271 e. The van der Waals surface area contributed by atoms with Crippen LogP contribution < -0.4 is 11.3 Å². The molecule has 19 heavy (non-hydrogen) atoms. The highest BCUT2D eigenvalue weighted by atomic mass is 19.1. The van der Waals surface area contributed by atoms with E-state index < -0.39 is 0 Å². The van der Waals surface area contributed by atoms with Crippen LogP contribution >= 0.6 is 0 Å². The molecule has 2 aromatic rings. The number of nitrogens with zero attached hydrogens (tertiary/aromatic N) is 2. The van der Waals surface area contributed by atoms with Crippen molar-refractivity contribution < 1.29 is 4.39 Å². The molecule has 0 fully saturated rings. The molecule has 3 N–H and O–H groups in total. The molecule has 1 heterocycles. The number of nitrogens with one attached hydrogen (secondary N) is 1. The predicted octanol–water partition coefficient (Wildman–Crippen LogP) is 1.98. The number of nitrogens with two attached hydrogens (primary N) is 1. The third kappa shape index (κ3) is 3.33. The van der Waals surface area contributed by atoms with E-state index in [1.54, 1.807) is 6.07 Å². The van der Waals surface area contributed by atoms with E-state index in [1.165, 1.54) is 12.1 Å². The van der Waals surface area contributed by atoms with Gasteiger partial charge in [-0.3, -0.25) is 11.3 Å². The van der Waals surface area contributed by atoms with Crippen LogP contribution in [0, 0.1) is 19.7 Å². The van der Waals surface area contributed by atoms with Gasteiger partial charge in [0.25, 0.3) is 0 Å². The highest BCUT2D eigenvalue weighted by Gasteiger charge is 2.15.